The lowest BCUT2D eigenvalue weighted by Crippen LogP contribution is -2.28. The highest BCUT2D eigenvalue weighted by Gasteiger charge is 2.22. The van der Waals surface area contributed by atoms with Crippen LogP contribution < -0.4 is 0 Å². The zero-order valence-electron chi connectivity index (χ0n) is 11.2. The van der Waals surface area contributed by atoms with Gasteiger partial charge in [0.1, 0.15) is 0 Å². The van der Waals surface area contributed by atoms with Crippen LogP contribution in [0.15, 0.2) is 42.7 Å². The van der Waals surface area contributed by atoms with Crippen LogP contribution in [0.3, 0.4) is 0 Å². The van der Waals surface area contributed by atoms with Gasteiger partial charge in [-0.25, -0.2) is 0 Å². The highest BCUT2D eigenvalue weighted by Crippen LogP contribution is 2.21. The molecule has 3 rings (SSSR count). The van der Waals surface area contributed by atoms with E-state index in [-0.39, 0.29) is 5.91 Å². The molecule has 2 heterocycles. The molecule has 1 aliphatic heterocycles. The molecule has 1 aliphatic rings. The first-order chi connectivity index (χ1) is 9.25. The number of aryl methyl sites for hydroxylation is 1. The number of amides is 1. The first kappa shape index (κ1) is 12.0. The van der Waals surface area contributed by atoms with Crippen molar-refractivity contribution in [3.8, 4) is 5.69 Å². The summed E-state index contributed by atoms with van der Waals surface area (Å²) in [5.41, 5.74) is 2.89. The van der Waals surface area contributed by atoms with Crippen LogP contribution in [0.5, 0.6) is 0 Å². The first-order valence-corrected chi connectivity index (χ1v) is 6.79. The molecule has 1 saturated heterocycles. The van der Waals surface area contributed by atoms with E-state index in [0.717, 1.165) is 42.7 Å². The number of rotatable bonds is 2. The number of benzene rings is 1. The van der Waals surface area contributed by atoms with Gasteiger partial charge in [0.15, 0.2) is 0 Å². The van der Waals surface area contributed by atoms with Crippen LogP contribution >= 0.6 is 0 Å². The van der Waals surface area contributed by atoms with E-state index < -0.39 is 0 Å². The third kappa shape index (κ3) is 2.28. The van der Waals surface area contributed by atoms with E-state index in [1.165, 1.54) is 0 Å². The second-order valence-electron chi connectivity index (χ2n) is 5.11. The Morgan fingerprint density at radius 3 is 2.47 bits per heavy atom. The van der Waals surface area contributed by atoms with Crippen LogP contribution in [0.4, 0.5) is 0 Å². The minimum Gasteiger partial charge on any atom is -0.339 e. The van der Waals surface area contributed by atoms with Gasteiger partial charge in [0.25, 0.3) is 5.91 Å². The van der Waals surface area contributed by atoms with Crippen molar-refractivity contribution in [1.29, 1.82) is 0 Å². The summed E-state index contributed by atoms with van der Waals surface area (Å²) in [6.07, 6.45) is 6.20. The van der Waals surface area contributed by atoms with Crippen LogP contribution in [-0.2, 0) is 0 Å². The van der Waals surface area contributed by atoms with Gasteiger partial charge in [-0.05, 0) is 44.0 Å². The molecule has 3 heteroatoms. The van der Waals surface area contributed by atoms with Crippen molar-refractivity contribution >= 4 is 5.91 Å². The van der Waals surface area contributed by atoms with Gasteiger partial charge < -0.3 is 9.47 Å². The number of hydrogen-bond acceptors (Lipinski definition) is 1. The fourth-order valence-electron chi connectivity index (χ4n) is 2.63. The van der Waals surface area contributed by atoms with Gasteiger partial charge in [-0.15, -0.1) is 0 Å². The van der Waals surface area contributed by atoms with Gasteiger partial charge in [0.2, 0.25) is 0 Å². The standard InChI is InChI=1S/C16H18N2O/c1-13-6-7-15(17-8-2-3-9-17)14(12-13)16(19)18-10-4-5-11-18/h2-3,6-9,12H,4-5,10-11H2,1H3. The van der Waals surface area contributed by atoms with Gasteiger partial charge in [-0.1, -0.05) is 11.6 Å². The van der Waals surface area contributed by atoms with Gasteiger partial charge in [0, 0.05) is 25.5 Å². The molecule has 2 aromatic rings. The molecule has 19 heavy (non-hydrogen) atoms. The lowest BCUT2D eigenvalue weighted by molar-refractivity contribution is 0.0792. The highest BCUT2D eigenvalue weighted by atomic mass is 16.2. The van der Waals surface area contributed by atoms with Crippen LogP contribution in [0.25, 0.3) is 5.69 Å². The van der Waals surface area contributed by atoms with Crippen LogP contribution in [0, 0.1) is 6.92 Å². The summed E-state index contributed by atoms with van der Waals surface area (Å²) in [7, 11) is 0. The molecule has 1 aromatic carbocycles. The Morgan fingerprint density at radius 2 is 1.79 bits per heavy atom. The molecule has 0 N–H and O–H groups in total. The Bertz CT molecular complexity index is 581. The van der Waals surface area contributed by atoms with Crippen molar-refractivity contribution in [2.24, 2.45) is 0 Å². The molecule has 0 spiro atoms. The Labute approximate surface area is 113 Å². The van der Waals surface area contributed by atoms with Crippen molar-refractivity contribution in [3.63, 3.8) is 0 Å². The van der Waals surface area contributed by atoms with E-state index in [1.807, 2.05) is 53.0 Å². The van der Waals surface area contributed by atoms with Crippen molar-refractivity contribution in [2.75, 3.05) is 13.1 Å². The summed E-state index contributed by atoms with van der Waals surface area (Å²) >= 11 is 0. The van der Waals surface area contributed by atoms with E-state index in [1.54, 1.807) is 0 Å². The number of carbonyl (C=O) groups is 1. The molecule has 0 unspecified atom stereocenters. The fraction of sp³-hybridized carbons (Fsp3) is 0.312. The highest BCUT2D eigenvalue weighted by molar-refractivity contribution is 5.98. The first-order valence-electron chi connectivity index (χ1n) is 6.79. The van der Waals surface area contributed by atoms with Crippen LogP contribution in [0.1, 0.15) is 28.8 Å². The minimum atomic E-state index is 0.157. The predicted molar refractivity (Wildman–Crippen MR) is 75.6 cm³/mol. The molecule has 3 nitrogen and oxygen atoms in total. The zero-order valence-corrected chi connectivity index (χ0v) is 11.2. The largest absolute Gasteiger partial charge is 0.339 e. The number of likely N-dealkylation sites (tertiary alicyclic amines) is 1. The molecule has 1 fully saturated rings. The van der Waals surface area contributed by atoms with Gasteiger partial charge in [0.05, 0.1) is 11.3 Å². The van der Waals surface area contributed by atoms with Crippen molar-refractivity contribution in [2.45, 2.75) is 19.8 Å². The normalized spacial score (nSPS) is 14.9. The zero-order chi connectivity index (χ0) is 13.2. The third-order valence-electron chi connectivity index (χ3n) is 3.66. The predicted octanol–water partition coefficient (Wildman–Crippen LogP) is 3.02. The Morgan fingerprint density at radius 1 is 1.11 bits per heavy atom. The summed E-state index contributed by atoms with van der Waals surface area (Å²) in [6.45, 7) is 3.80. The number of nitrogens with zero attached hydrogens (tertiary/aromatic N) is 2. The quantitative estimate of drug-likeness (QED) is 0.808. The Balaban J connectivity index is 2.03. The molecule has 0 saturated carbocycles. The van der Waals surface area contributed by atoms with Crippen molar-refractivity contribution in [3.05, 3.63) is 53.9 Å². The second-order valence-corrected chi connectivity index (χ2v) is 5.11. The maximum absolute atomic E-state index is 12.6. The lowest BCUT2D eigenvalue weighted by atomic mass is 10.1. The molecule has 98 valence electrons. The molecule has 0 bridgehead atoms. The van der Waals surface area contributed by atoms with E-state index in [0.29, 0.717) is 0 Å². The average molecular weight is 254 g/mol. The summed E-state index contributed by atoms with van der Waals surface area (Å²) in [5, 5.41) is 0. The van der Waals surface area contributed by atoms with E-state index in [9.17, 15) is 4.79 Å². The van der Waals surface area contributed by atoms with E-state index in [2.05, 4.69) is 6.07 Å². The Kier molecular flexibility index (Phi) is 3.11. The molecule has 1 aromatic heterocycles. The van der Waals surface area contributed by atoms with Crippen molar-refractivity contribution in [1.82, 2.24) is 9.47 Å². The smallest absolute Gasteiger partial charge is 0.255 e. The molecule has 0 aliphatic carbocycles. The van der Waals surface area contributed by atoms with Gasteiger partial charge in [-0.3, -0.25) is 4.79 Å². The topological polar surface area (TPSA) is 25.2 Å². The molecular formula is C16H18N2O. The number of aromatic nitrogens is 1. The maximum Gasteiger partial charge on any atom is 0.255 e. The van der Waals surface area contributed by atoms with Gasteiger partial charge in [-0.2, -0.15) is 0 Å². The third-order valence-corrected chi connectivity index (χ3v) is 3.66. The molecular weight excluding hydrogens is 236 g/mol. The maximum atomic E-state index is 12.6. The summed E-state index contributed by atoms with van der Waals surface area (Å²) in [4.78, 5) is 14.6. The average Bonchev–Trinajstić information content (AvgIpc) is 3.11. The summed E-state index contributed by atoms with van der Waals surface area (Å²) in [5.74, 6) is 0.157. The van der Waals surface area contributed by atoms with Crippen LogP contribution in [-0.4, -0.2) is 28.5 Å². The van der Waals surface area contributed by atoms with E-state index >= 15 is 0 Å². The number of hydrogen-bond donors (Lipinski definition) is 0. The molecule has 1 amide bonds. The molecule has 0 atom stereocenters. The SMILES string of the molecule is Cc1ccc(-n2cccc2)c(C(=O)N2CCCC2)c1. The fourth-order valence-corrected chi connectivity index (χ4v) is 2.63. The second kappa shape index (κ2) is 4.92. The Hall–Kier alpha value is -2.03. The monoisotopic (exact) mass is 254 g/mol. The van der Waals surface area contributed by atoms with Gasteiger partial charge >= 0.3 is 0 Å². The van der Waals surface area contributed by atoms with E-state index in [4.69, 9.17) is 0 Å². The summed E-state index contributed by atoms with van der Waals surface area (Å²) in [6, 6.07) is 10.0. The van der Waals surface area contributed by atoms with Crippen LogP contribution in [0.2, 0.25) is 0 Å². The summed E-state index contributed by atoms with van der Waals surface area (Å²) < 4.78 is 2.00. The molecule has 0 radical (unpaired) electrons. The number of carbonyl (C=O) groups excluding carboxylic acids is 1. The minimum absolute atomic E-state index is 0.157. The van der Waals surface area contributed by atoms with Crippen molar-refractivity contribution < 1.29 is 4.79 Å². The lowest BCUT2D eigenvalue weighted by Gasteiger charge is -2.18.